The molecular weight excluding hydrogens is 162 g/mol. The number of nitrogens with two attached hydrogens (primary N) is 1. The van der Waals surface area contributed by atoms with Gasteiger partial charge in [0.1, 0.15) is 0 Å². The number of rotatable bonds is 0. The lowest BCUT2D eigenvalue weighted by Gasteiger charge is -2.51. The van der Waals surface area contributed by atoms with Gasteiger partial charge in [0.15, 0.2) is 0 Å². The average Bonchev–Trinajstić information content (AvgIpc) is 2.05. The zero-order valence-electron chi connectivity index (χ0n) is 8.69. The molecule has 2 unspecified atom stereocenters. The number of piperazine rings is 1. The minimum atomic E-state index is -0.131. The van der Waals surface area contributed by atoms with Gasteiger partial charge >= 0.3 is 0 Å². The molecule has 76 valence electrons. The topological polar surface area (TPSA) is 50.1 Å². The molecule has 2 fully saturated rings. The third-order valence-corrected chi connectivity index (χ3v) is 3.38. The summed E-state index contributed by atoms with van der Waals surface area (Å²) in [5, 5.41) is 7.15. The molecule has 1 saturated heterocycles. The first-order valence-corrected chi connectivity index (χ1v) is 5.33. The summed E-state index contributed by atoms with van der Waals surface area (Å²) in [5.41, 5.74) is 6.38. The van der Waals surface area contributed by atoms with Crippen LogP contribution in [-0.2, 0) is 0 Å². The molecule has 1 aliphatic heterocycles. The molecule has 0 bridgehead atoms. The second kappa shape index (κ2) is 2.94. The minimum Gasteiger partial charge on any atom is -0.312 e. The highest BCUT2D eigenvalue weighted by Gasteiger charge is 2.43. The quantitative estimate of drug-likeness (QED) is 0.514. The molecule has 0 aromatic carbocycles. The summed E-state index contributed by atoms with van der Waals surface area (Å²) in [4.78, 5) is 0. The Bertz CT molecular complexity index is 202. The zero-order chi connectivity index (χ0) is 9.53. The average molecular weight is 183 g/mol. The van der Waals surface area contributed by atoms with E-state index in [9.17, 15) is 0 Å². The van der Waals surface area contributed by atoms with E-state index in [0.29, 0.717) is 6.04 Å². The van der Waals surface area contributed by atoms with Crippen molar-refractivity contribution >= 4 is 0 Å². The molecule has 1 heterocycles. The van der Waals surface area contributed by atoms with Gasteiger partial charge < -0.3 is 11.1 Å². The van der Waals surface area contributed by atoms with Crippen LogP contribution >= 0.6 is 0 Å². The van der Waals surface area contributed by atoms with E-state index in [1.54, 1.807) is 0 Å². The second-order valence-corrected chi connectivity index (χ2v) is 5.22. The number of fused-ring (bicyclic) bond motifs is 1. The lowest BCUT2D eigenvalue weighted by atomic mass is 9.80. The van der Waals surface area contributed by atoms with Gasteiger partial charge in [-0.15, -0.1) is 0 Å². The van der Waals surface area contributed by atoms with Crippen LogP contribution in [0.3, 0.4) is 0 Å². The third kappa shape index (κ3) is 1.73. The van der Waals surface area contributed by atoms with Crippen LogP contribution in [0.25, 0.3) is 0 Å². The van der Waals surface area contributed by atoms with E-state index < -0.39 is 0 Å². The summed E-state index contributed by atoms with van der Waals surface area (Å²) in [6.45, 7) is 5.43. The molecule has 3 nitrogen and oxygen atoms in total. The van der Waals surface area contributed by atoms with Crippen LogP contribution < -0.4 is 16.4 Å². The first-order valence-electron chi connectivity index (χ1n) is 5.33. The minimum absolute atomic E-state index is 0.131. The van der Waals surface area contributed by atoms with Crippen molar-refractivity contribution in [3.05, 3.63) is 0 Å². The highest BCUT2D eigenvalue weighted by Crippen LogP contribution is 2.28. The summed E-state index contributed by atoms with van der Waals surface area (Å²) in [7, 11) is 0. The highest BCUT2D eigenvalue weighted by molar-refractivity contribution is 5.05. The van der Waals surface area contributed by atoms with Gasteiger partial charge in [-0.1, -0.05) is 12.8 Å². The van der Waals surface area contributed by atoms with Crippen LogP contribution in [0.5, 0.6) is 0 Å². The lowest BCUT2D eigenvalue weighted by Crippen LogP contribution is -2.76. The van der Waals surface area contributed by atoms with Gasteiger partial charge in [-0.05, 0) is 26.7 Å². The fourth-order valence-corrected chi connectivity index (χ4v) is 2.52. The van der Waals surface area contributed by atoms with Crippen LogP contribution in [0.4, 0.5) is 0 Å². The maximum Gasteiger partial charge on any atom is 0.0820 e. The Labute approximate surface area is 80.5 Å². The van der Waals surface area contributed by atoms with Crippen LogP contribution in [0.2, 0.25) is 0 Å². The zero-order valence-corrected chi connectivity index (χ0v) is 8.69. The van der Waals surface area contributed by atoms with Crippen molar-refractivity contribution in [1.82, 2.24) is 10.6 Å². The van der Waals surface area contributed by atoms with Crippen molar-refractivity contribution in [2.45, 2.75) is 56.8 Å². The maximum absolute atomic E-state index is 6.31. The summed E-state index contributed by atoms with van der Waals surface area (Å²) < 4.78 is 0. The van der Waals surface area contributed by atoms with Crippen LogP contribution in [0.15, 0.2) is 0 Å². The molecule has 0 amide bonds. The second-order valence-electron chi connectivity index (χ2n) is 5.22. The Hall–Kier alpha value is -0.120. The molecule has 4 N–H and O–H groups in total. The fourth-order valence-electron chi connectivity index (χ4n) is 2.52. The molecule has 1 aliphatic carbocycles. The maximum atomic E-state index is 6.31. The number of hydrogen-bond donors (Lipinski definition) is 3. The Morgan fingerprint density at radius 3 is 2.85 bits per heavy atom. The molecule has 0 radical (unpaired) electrons. The number of hydrogen-bond acceptors (Lipinski definition) is 3. The van der Waals surface area contributed by atoms with Gasteiger partial charge in [0.2, 0.25) is 0 Å². The van der Waals surface area contributed by atoms with Crippen molar-refractivity contribution < 1.29 is 0 Å². The van der Waals surface area contributed by atoms with Gasteiger partial charge in [-0.25, -0.2) is 0 Å². The highest BCUT2D eigenvalue weighted by atomic mass is 15.2. The van der Waals surface area contributed by atoms with Gasteiger partial charge in [-0.3, -0.25) is 5.32 Å². The smallest absolute Gasteiger partial charge is 0.0820 e. The molecule has 0 spiro atoms. The van der Waals surface area contributed by atoms with E-state index in [4.69, 9.17) is 5.73 Å². The molecule has 0 aromatic heterocycles. The SMILES string of the molecule is CC1(C)CNC2(N)CCCCC2N1. The van der Waals surface area contributed by atoms with Crippen molar-refractivity contribution in [2.24, 2.45) is 5.73 Å². The van der Waals surface area contributed by atoms with Crippen LogP contribution in [0, 0.1) is 0 Å². The van der Waals surface area contributed by atoms with Gasteiger partial charge in [0.25, 0.3) is 0 Å². The molecule has 2 rings (SSSR count). The van der Waals surface area contributed by atoms with E-state index in [1.807, 2.05) is 0 Å². The number of nitrogens with one attached hydrogen (secondary N) is 2. The van der Waals surface area contributed by atoms with Crippen molar-refractivity contribution in [1.29, 1.82) is 0 Å². The predicted octanol–water partition coefficient (Wildman–Crippen LogP) is 0.555. The molecule has 13 heavy (non-hydrogen) atoms. The van der Waals surface area contributed by atoms with E-state index in [2.05, 4.69) is 24.5 Å². The largest absolute Gasteiger partial charge is 0.312 e. The van der Waals surface area contributed by atoms with Gasteiger partial charge in [-0.2, -0.15) is 0 Å². The predicted molar refractivity (Wildman–Crippen MR) is 54.4 cm³/mol. The normalized spacial score (nSPS) is 44.1. The van der Waals surface area contributed by atoms with Gasteiger partial charge in [0.05, 0.1) is 5.66 Å². The van der Waals surface area contributed by atoms with Crippen molar-refractivity contribution in [3.63, 3.8) is 0 Å². The van der Waals surface area contributed by atoms with Crippen molar-refractivity contribution in [3.8, 4) is 0 Å². The molecule has 3 heteroatoms. The summed E-state index contributed by atoms with van der Waals surface area (Å²) in [6.07, 6.45) is 4.91. The van der Waals surface area contributed by atoms with Crippen LogP contribution in [0.1, 0.15) is 39.5 Å². The Morgan fingerprint density at radius 2 is 2.08 bits per heavy atom. The monoisotopic (exact) mass is 183 g/mol. The van der Waals surface area contributed by atoms with E-state index >= 15 is 0 Å². The lowest BCUT2D eigenvalue weighted by molar-refractivity contribution is 0.0906. The summed E-state index contributed by atoms with van der Waals surface area (Å²) >= 11 is 0. The summed E-state index contributed by atoms with van der Waals surface area (Å²) in [5.74, 6) is 0. The van der Waals surface area contributed by atoms with E-state index in [1.165, 1.54) is 19.3 Å². The summed E-state index contributed by atoms with van der Waals surface area (Å²) in [6, 6.07) is 0.463. The Balaban J connectivity index is 2.10. The van der Waals surface area contributed by atoms with Crippen molar-refractivity contribution in [2.75, 3.05) is 6.54 Å². The third-order valence-electron chi connectivity index (χ3n) is 3.38. The van der Waals surface area contributed by atoms with E-state index in [0.717, 1.165) is 13.0 Å². The molecule has 1 saturated carbocycles. The van der Waals surface area contributed by atoms with E-state index in [-0.39, 0.29) is 11.2 Å². The molecular formula is C10H21N3. The van der Waals surface area contributed by atoms with Gasteiger partial charge in [0, 0.05) is 18.1 Å². The molecule has 0 aromatic rings. The molecule has 2 aliphatic rings. The fraction of sp³-hybridized carbons (Fsp3) is 1.00. The first-order chi connectivity index (χ1) is 6.02. The Morgan fingerprint density at radius 1 is 1.31 bits per heavy atom. The standard InChI is InChI=1S/C10H21N3/c1-9(2)7-12-10(11)6-4-3-5-8(10)13-9/h8,12-13H,3-7,11H2,1-2H3. The molecule has 2 atom stereocenters. The Kier molecular flexibility index (Phi) is 2.13. The first kappa shape index (κ1) is 9.44. The van der Waals surface area contributed by atoms with Crippen LogP contribution in [-0.4, -0.2) is 23.8 Å².